The smallest absolute Gasteiger partial charge is 0.258 e. The Morgan fingerprint density at radius 2 is 2.22 bits per heavy atom. The van der Waals surface area contributed by atoms with Gasteiger partial charge in [-0.3, -0.25) is 5.10 Å². The van der Waals surface area contributed by atoms with Crippen LogP contribution in [0.3, 0.4) is 0 Å². The molecule has 1 aromatic carbocycles. The molecule has 0 saturated heterocycles. The Kier molecular flexibility index (Phi) is 2.67. The van der Waals surface area contributed by atoms with Gasteiger partial charge >= 0.3 is 0 Å². The summed E-state index contributed by atoms with van der Waals surface area (Å²) in [5.74, 6) is 1.34. The summed E-state index contributed by atoms with van der Waals surface area (Å²) < 4.78 is 6.24. The lowest BCUT2D eigenvalue weighted by Gasteiger charge is -2.00. The van der Waals surface area contributed by atoms with Crippen molar-refractivity contribution < 1.29 is 4.52 Å². The molecule has 0 aliphatic rings. The monoisotopic (exact) mass is 305 g/mol. The number of aromatic amines is 1. The number of halogens is 1. The maximum absolute atomic E-state index is 5.23. The van der Waals surface area contributed by atoms with Gasteiger partial charge in [0.1, 0.15) is 6.33 Å². The quantitative estimate of drug-likeness (QED) is 0.787. The molecule has 3 aromatic rings. The van der Waals surface area contributed by atoms with Gasteiger partial charge in [0.2, 0.25) is 5.82 Å². The Balaban J connectivity index is 2.03. The molecule has 2 aromatic heterocycles. The first-order valence-electron chi connectivity index (χ1n) is 5.20. The third kappa shape index (κ3) is 1.92. The van der Waals surface area contributed by atoms with Crippen molar-refractivity contribution in [3.05, 3.63) is 34.6 Å². The summed E-state index contributed by atoms with van der Waals surface area (Å²) in [5, 5.41) is 10.3. The summed E-state index contributed by atoms with van der Waals surface area (Å²) in [7, 11) is 0. The van der Waals surface area contributed by atoms with Crippen LogP contribution in [0, 0.1) is 6.92 Å². The van der Waals surface area contributed by atoms with Crippen molar-refractivity contribution >= 4 is 15.9 Å². The maximum Gasteiger partial charge on any atom is 0.258 e. The minimum atomic E-state index is 0.393. The van der Waals surface area contributed by atoms with Gasteiger partial charge in [0.15, 0.2) is 5.82 Å². The molecule has 6 nitrogen and oxygen atoms in total. The Bertz CT molecular complexity index is 677. The topological polar surface area (TPSA) is 80.5 Å². The first-order chi connectivity index (χ1) is 8.74. The van der Waals surface area contributed by atoms with Crippen LogP contribution < -0.4 is 0 Å². The number of rotatable bonds is 2. The molecular weight excluding hydrogens is 298 g/mol. The van der Waals surface area contributed by atoms with Gasteiger partial charge in [-0.25, -0.2) is 4.98 Å². The second-order valence-electron chi connectivity index (χ2n) is 3.72. The minimum Gasteiger partial charge on any atom is -0.333 e. The standard InChI is InChI=1S/C11H8BrN5O/c1-6-4-7(12)2-3-8(6)11-15-10(17-18-11)9-13-5-14-16-9/h2-5H,1H3,(H,13,14,16). The molecule has 0 fully saturated rings. The lowest BCUT2D eigenvalue weighted by atomic mass is 10.1. The molecule has 0 unspecified atom stereocenters. The summed E-state index contributed by atoms with van der Waals surface area (Å²) >= 11 is 3.42. The normalized spacial score (nSPS) is 10.8. The van der Waals surface area contributed by atoms with Crippen LogP contribution >= 0.6 is 15.9 Å². The summed E-state index contributed by atoms with van der Waals surface area (Å²) in [5.41, 5.74) is 1.95. The number of benzene rings is 1. The van der Waals surface area contributed by atoms with Gasteiger partial charge in [-0.15, -0.1) is 0 Å². The number of H-pyrrole nitrogens is 1. The van der Waals surface area contributed by atoms with Crippen molar-refractivity contribution in [3.63, 3.8) is 0 Å². The molecular formula is C11H8BrN5O. The van der Waals surface area contributed by atoms with E-state index in [1.165, 1.54) is 6.33 Å². The van der Waals surface area contributed by atoms with E-state index < -0.39 is 0 Å². The highest BCUT2D eigenvalue weighted by molar-refractivity contribution is 9.10. The Labute approximate surface area is 111 Å². The van der Waals surface area contributed by atoms with Gasteiger partial charge in [0, 0.05) is 10.0 Å². The number of nitrogens with zero attached hydrogens (tertiary/aromatic N) is 4. The van der Waals surface area contributed by atoms with Crippen molar-refractivity contribution in [2.75, 3.05) is 0 Å². The highest BCUT2D eigenvalue weighted by atomic mass is 79.9. The van der Waals surface area contributed by atoms with Crippen LogP contribution in [0.2, 0.25) is 0 Å². The van der Waals surface area contributed by atoms with E-state index in [4.69, 9.17) is 4.52 Å². The number of aryl methyl sites for hydroxylation is 1. The van der Waals surface area contributed by atoms with E-state index in [1.807, 2.05) is 25.1 Å². The third-order valence-electron chi connectivity index (χ3n) is 2.47. The second kappa shape index (κ2) is 4.34. The van der Waals surface area contributed by atoms with E-state index >= 15 is 0 Å². The number of nitrogens with one attached hydrogen (secondary N) is 1. The maximum atomic E-state index is 5.23. The van der Waals surface area contributed by atoms with E-state index in [-0.39, 0.29) is 0 Å². The van der Waals surface area contributed by atoms with Gasteiger partial charge in [-0.05, 0) is 30.7 Å². The fraction of sp³-hybridized carbons (Fsp3) is 0.0909. The zero-order chi connectivity index (χ0) is 12.5. The largest absolute Gasteiger partial charge is 0.333 e. The van der Waals surface area contributed by atoms with Crippen LogP contribution in [0.1, 0.15) is 5.56 Å². The second-order valence-corrected chi connectivity index (χ2v) is 4.63. The molecule has 2 heterocycles. The molecule has 18 heavy (non-hydrogen) atoms. The van der Waals surface area contributed by atoms with E-state index in [9.17, 15) is 0 Å². The molecule has 0 atom stereocenters. The first-order valence-corrected chi connectivity index (χ1v) is 5.99. The van der Waals surface area contributed by atoms with Crippen LogP contribution in [0.4, 0.5) is 0 Å². The van der Waals surface area contributed by atoms with Gasteiger partial charge in [-0.2, -0.15) is 10.1 Å². The fourth-order valence-electron chi connectivity index (χ4n) is 1.61. The lowest BCUT2D eigenvalue weighted by Crippen LogP contribution is -1.85. The summed E-state index contributed by atoms with van der Waals surface area (Å²) in [6.45, 7) is 1.98. The number of hydrogen-bond acceptors (Lipinski definition) is 5. The van der Waals surface area contributed by atoms with E-state index in [1.54, 1.807) is 0 Å². The van der Waals surface area contributed by atoms with E-state index in [0.29, 0.717) is 17.5 Å². The average molecular weight is 306 g/mol. The van der Waals surface area contributed by atoms with Crippen LogP contribution in [-0.4, -0.2) is 25.3 Å². The molecule has 3 rings (SSSR count). The SMILES string of the molecule is Cc1cc(Br)ccc1-c1nc(-c2ncn[nH]2)no1. The van der Waals surface area contributed by atoms with Gasteiger partial charge in [-0.1, -0.05) is 21.1 Å². The van der Waals surface area contributed by atoms with E-state index in [0.717, 1.165) is 15.6 Å². The molecule has 1 N–H and O–H groups in total. The highest BCUT2D eigenvalue weighted by Gasteiger charge is 2.14. The predicted octanol–water partition coefficient (Wildman–Crippen LogP) is 2.59. The third-order valence-corrected chi connectivity index (χ3v) is 2.96. The van der Waals surface area contributed by atoms with Crippen molar-refractivity contribution in [2.45, 2.75) is 6.92 Å². The number of hydrogen-bond donors (Lipinski definition) is 1. The Hall–Kier alpha value is -2.02. The Morgan fingerprint density at radius 1 is 1.33 bits per heavy atom. The molecule has 90 valence electrons. The molecule has 0 bridgehead atoms. The van der Waals surface area contributed by atoms with Crippen molar-refractivity contribution in [1.29, 1.82) is 0 Å². The molecule has 0 amide bonds. The number of aromatic nitrogens is 5. The molecule has 0 aliphatic carbocycles. The van der Waals surface area contributed by atoms with E-state index in [2.05, 4.69) is 41.3 Å². The zero-order valence-electron chi connectivity index (χ0n) is 9.38. The average Bonchev–Trinajstić information content (AvgIpc) is 2.99. The van der Waals surface area contributed by atoms with Gasteiger partial charge < -0.3 is 4.52 Å². The predicted molar refractivity (Wildman–Crippen MR) is 67.5 cm³/mol. The molecule has 0 radical (unpaired) electrons. The Morgan fingerprint density at radius 3 is 2.94 bits per heavy atom. The van der Waals surface area contributed by atoms with Crippen molar-refractivity contribution in [3.8, 4) is 23.1 Å². The molecule has 0 saturated carbocycles. The summed E-state index contributed by atoms with van der Waals surface area (Å²) in [6.07, 6.45) is 1.40. The fourth-order valence-corrected chi connectivity index (χ4v) is 2.08. The summed E-state index contributed by atoms with van der Waals surface area (Å²) in [4.78, 5) is 8.26. The van der Waals surface area contributed by atoms with Crippen LogP contribution in [0.5, 0.6) is 0 Å². The van der Waals surface area contributed by atoms with Crippen LogP contribution in [0.25, 0.3) is 23.1 Å². The van der Waals surface area contributed by atoms with Crippen molar-refractivity contribution in [2.24, 2.45) is 0 Å². The summed E-state index contributed by atoms with van der Waals surface area (Å²) in [6, 6.07) is 5.85. The van der Waals surface area contributed by atoms with Crippen LogP contribution in [-0.2, 0) is 0 Å². The van der Waals surface area contributed by atoms with Crippen molar-refractivity contribution in [1.82, 2.24) is 25.3 Å². The van der Waals surface area contributed by atoms with Crippen LogP contribution in [0.15, 0.2) is 33.5 Å². The zero-order valence-corrected chi connectivity index (χ0v) is 11.0. The molecule has 7 heteroatoms. The molecule has 0 spiro atoms. The van der Waals surface area contributed by atoms with Gasteiger partial charge in [0.25, 0.3) is 5.89 Å². The minimum absolute atomic E-state index is 0.393. The molecule has 0 aliphatic heterocycles. The lowest BCUT2D eigenvalue weighted by molar-refractivity contribution is 0.431. The van der Waals surface area contributed by atoms with Gasteiger partial charge in [0.05, 0.1) is 0 Å². The highest BCUT2D eigenvalue weighted by Crippen LogP contribution is 2.25. The first kappa shape index (κ1) is 11.1.